The van der Waals surface area contributed by atoms with Gasteiger partial charge in [0, 0.05) is 18.5 Å². The van der Waals surface area contributed by atoms with E-state index in [-0.39, 0.29) is 11.9 Å². The number of hydrogen-bond donors (Lipinski definition) is 1. The van der Waals surface area contributed by atoms with Gasteiger partial charge in [-0.3, -0.25) is 4.79 Å². The number of amides is 1. The zero-order chi connectivity index (χ0) is 14.8. The van der Waals surface area contributed by atoms with Crippen LogP contribution in [0.15, 0.2) is 24.5 Å². The topological polar surface area (TPSA) is 58.1 Å². The van der Waals surface area contributed by atoms with Gasteiger partial charge in [0.05, 0.1) is 5.52 Å². The Morgan fingerprint density at radius 3 is 3.05 bits per heavy atom. The fraction of sp³-hybridized carbons (Fsp3) is 0.438. The Morgan fingerprint density at radius 1 is 1.38 bits per heavy atom. The summed E-state index contributed by atoms with van der Waals surface area (Å²) < 4.78 is 0. The zero-order valence-electron chi connectivity index (χ0n) is 12.5. The second kappa shape index (κ2) is 5.68. The molecule has 2 aromatic rings. The lowest BCUT2D eigenvalue weighted by molar-refractivity contribution is -0.123. The highest BCUT2D eigenvalue weighted by Crippen LogP contribution is 2.29. The second-order valence-electron chi connectivity index (χ2n) is 5.46. The van der Waals surface area contributed by atoms with Crippen LogP contribution >= 0.6 is 0 Å². The van der Waals surface area contributed by atoms with Crippen LogP contribution < -0.4 is 10.2 Å². The Morgan fingerprint density at radius 2 is 2.24 bits per heavy atom. The Balaban J connectivity index is 2.12. The van der Waals surface area contributed by atoms with Gasteiger partial charge in [-0.15, -0.1) is 0 Å². The predicted molar refractivity (Wildman–Crippen MR) is 83.3 cm³/mol. The van der Waals surface area contributed by atoms with Crippen LogP contribution in [0.25, 0.3) is 10.9 Å². The van der Waals surface area contributed by atoms with E-state index in [4.69, 9.17) is 0 Å². The first-order chi connectivity index (χ1) is 10.2. The predicted octanol–water partition coefficient (Wildman–Crippen LogP) is 2.04. The molecule has 21 heavy (non-hydrogen) atoms. The van der Waals surface area contributed by atoms with Crippen LogP contribution in [-0.4, -0.2) is 35.0 Å². The number of aryl methyl sites for hydroxylation is 1. The molecular formula is C16H20N4O. The van der Waals surface area contributed by atoms with Crippen LogP contribution in [0.1, 0.15) is 25.3 Å². The molecule has 5 nitrogen and oxygen atoms in total. The van der Waals surface area contributed by atoms with Crippen LogP contribution in [0.3, 0.4) is 0 Å². The molecule has 0 unspecified atom stereocenters. The van der Waals surface area contributed by atoms with E-state index in [2.05, 4.69) is 40.1 Å². The first kappa shape index (κ1) is 13.8. The van der Waals surface area contributed by atoms with E-state index in [9.17, 15) is 4.79 Å². The highest BCUT2D eigenvalue weighted by atomic mass is 16.2. The second-order valence-corrected chi connectivity index (χ2v) is 5.46. The highest BCUT2D eigenvalue weighted by Gasteiger charge is 2.30. The summed E-state index contributed by atoms with van der Waals surface area (Å²) in [4.78, 5) is 23.2. The van der Waals surface area contributed by atoms with Gasteiger partial charge in [0.1, 0.15) is 18.2 Å². The number of hydrogen-bond acceptors (Lipinski definition) is 4. The molecule has 1 aromatic carbocycles. The maximum Gasteiger partial charge on any atom is 0.242 e. The summed E-state index contributed by atoms with van der Waals surface area (Å²) in [6.07, 6.45) is 3.40. The summed E-state index contributed by atoms with van der Waals surface area (Å²) in [5.74, 6) is 0.981. The fourth-order valence-corrected chi connectivity index (χ4v) is 3.01. The molecule has 0 radical (unpaired) electrons. The molecule has 1 saturated heterocycles. The fourth-order valence-electron chi connectivity index (χ4n) is 3.01. The average Bonchev–Trinajstić information content (AvgIpc) is 2.49. The van der Waals surface area contributed by atoms with Crippen molar-refractivity contribution in [1.82, 2.24) is 15.3 Å². The number of rotatable bonds is 3. The minimum absolute atomic E-state index is 0.100. The lowest BCUT2D eigenvalue weighted by atomic mass is 10.0. The van der Waals surface area contributed by atoms with Crippen molar-refractivity contribution in [2.45, 2.75) is 32.7 Å². The molecule has 1 amide bonds. The lowest BCUT2D eigenvalue weighted by Crippen LogP contribution is -2.55. The number of nitrogens with one attached hydrogen (secondary N) is 1. The standard InChI is InChI=1S/C16H20N4O/c1-3-5-13-16(21)17-8-9-20(13)15-14-11(2)6-4-7-12(14)18-10-19-15/h4,6-7,10,13H,3,5,8-9H2,1-2H3,(H,17,21)/t13-/m0/s1. The van der Waals surface area contributed by atoms with E-state index < -0.39 is 0 Å². The van der Waals surface area contributed by atoms with E-state index in [1.54, 1.807) is 6.33 Å². The Hall–Kier alpha value is -2.17. The Kier molecular flexibility index (Phi) is 3.73. The third-order valence-electron chi connectivity index (χ3n) is 4.02. The van der Waals surface area contributed by atoms with E-state index in [0.717, 1.165) is 41.7 Å². The van der Waals surface area contributed by atoms with Crippen LogP contribution in [0.5, 0.6) is 0 Å². The number of aromatic nitrogens is 2. The number of nitrogens with zero attached hydrogens (tertiary/aromatic N) is 3. The van der Waals surface area contributed by atoms with Gasteiger partial charge in [-0.05, 0) is 25.0 Å². The van der Waals surface area contributed by atoms with Crippen molar-refractivity contribution >= 4 is 22.6 Å². The van der Waals surface area contributed by atoms with Gasteiger partial charge in [-0.25, -0.2) is 9.97 Å². The largest absolute Gasteiger partial charge is 0.353 e. The number of benzene rings is 1. The van der Waals surface area contributed by atoms with E-state index >= 15 is 0 Å². The van der Waals surface area contributed by atoms with Gasteiger partial charge in [-0.1, -0.05) is 25.5 Å². The van der Waals surface area contributed by atoms with Crippen LogP contribution in [0.4, 0.5) is 5.82 Å². The Bertz CT molecular complexity index is 665. The molecule has 0 saturated carbocycles. The molecule has 2 heterocycles. The first-order valence-electron chi connectivity index (χ1n) is 7.47. The molecule has 5 heteroatoms. The van der Waals surface area contributed by atoms with Crippen LogP contribution in [0.2, 0.25) is 0 Å². The number of anilines is 1. The molecule has 0 spiro atoms. The van der Waals surface area contributed by atoms with Gasteiger partial charge in [0.25, 0.3) is 0 Å². The molecule has 1 fully saturated rings. The molecule has 1 aliphatic rings. The smallest absolute Gasteiger partial charge is 0.242 e. The van der Waals surface area contributed by atoms with Crippen molar-refractivity contribution in [1.29, 1.82) is 0 Å². The molecule has 1 N–H and O–H groups in total. The van der Waals surface area contributed by atoms with Crippen molar-refractivity contribution < 1.29 is 4.79 Å². The maximum absolute atomic E-state index is 12.2. The van der Waals surface area contributed by atoms with Gasteiger partial charge in [0.2, 0.25) is 5.91 Å². The van der Waals surface area contributed by atoms with Crippen molar-refractivity contribution in [2.24, 2.45) is 0 Å². The monoisotopic (exact) mass is 284 g/mol. The number of carbonyl (C=O) groups excluding carboxylic acids is 1. The van der Waals surface area contributed by atoms with E-state index in [1.165, 1.54) is 0 Å². The summed E-state index contributed by atoms with van der Waals surface area (Å²) in [6.45, 7) is 5.62. The number of carbonyl (C=O) groups is 1. The van der Waals surface area contributed by atoms with Gasteiger partial charge in [-0.2, -0.15) is 0 Å². The SMILES string of the molecule is CCC[C@H]1C(=O)NCCN1c1ncnc2cccc(C)c12. The van der Waals surface area contributed by atoms with E-state index in [1.807, 2.05) is 12.1 Å². The van der Waals surface area contributed by atoms with Crippen molar-refractivity contribution in [3.63, 3.8) is 0 Å². The van der Waals surface area contributed by atoms with Gasteiger partial charge in [0.15, 0.2) is 0 Å². The molecule has 1 aromatic heterocycles. The Labute approximate surface area is 124 Å². The third kappa shape index (κ3) is 2.44. The van der Waals surface area contributed by atoms with Crippen molar-refractivity contribution in [2.75, 3.05) is 18.0 Å². The van der Waals surface area contributed by atoms with Crippen molar-refractivity contribution in [3.05, 3.63) is 30.1 Å². The molecule has 0 bridgehead atoms. The summed E-state index contributed by atoms with van der Waals surface area (Å²) in [5.41, 5.74) is 2.07. The number of fused-ring (bicyclic) bond motifs is 1. The van der Waals surface area contributed by atoms with Crippen LogP contribution in [-0.2, 0) is 4.79 Å². The van der Waals surface area contributed by atoms with E-state index in [0.29, 0.717) is 6.54 Å². The highest BCUT2D eigenvalue weighted by molar-refractivity contribution is 5.95. The average molecular weight is 284 g/mol. The maximum atomic E-state index is 12.2. The summed E-state index contributed by atoms with van der Waals surface area (Å²) in [7, 11) is 0. The number of piperazine rings is 1. The third-order valence-corrected chi connectivity index (χ3v) is 4.02. The summed E-state index contributed by atoms with van der Waals surface area (Å²) in [5, 5.41) is 4.01. The molecule has 1 atom stereocenters. The molecule has 110 valence electrons. The summed E-state index contributed by atoms with van der Waals surface area (Å²) in [6, 6.07) is 5.92. The molecule has 1 aliphatic heterocycles. The molecule has 0 aliphatic carbocycles. The van der Waals surface area contributed by atoms with Crippen LogP contribution in [0, 0.1) is 6.92 Å². The minimum Gasteiger partial charge on any atom is -0.353 e. The zero-order valence-corrected chi connectivity index (χ0v) is 12.5. The van der Waals surface area contributed by atoms with Gasteiger partial charge < -0.3 is 10.2 Å². The van der Waals surface area contributed by atoms with Gasteiger partial charge >= 0.3 is 0 Å². The molecule has 3 rings (SSSR count). The molecular weight excluding hydrogens is 264 g/mol. The first-order valence-corrected chi connectivity index (χ1v) is 7.47. The minimum atomic E-state index is -0.138. The van der Waals surface area contributed by atoms with Crippen molar-refractivity contribution in [3.8, 4) is 0 Å². The quantitative estimate of drug-likeness (QED) is 0.937. The summed E-state index contributed by atoms with van der Waals surface area (Å²) >= 11 is 0. The lowest BCUT2D eigenvalue weighted by Gasteiger charge is -2.36. The normalized spacial score (nSPS) is 18.9.